The molecule has 3 rings (SSSR count). The van der Waals surface area contributed by atoms with Crippen LogP contribution in [0.25, 0.3) is 5.57 Å². The SMILES string of the molecule is C=C1CCCCC/C=C(Br)\C(OC)=C/1c1c2c(cc(Br)c1OO)CCCC2. The molecule has 1 aromatic carbocycles. The number of fused-ring (bicyclic) bond motifs is 1. The lowest BCUT2D eigenvalue weighted by molar-refractivity contribution is -0.138. The van der Waals surface area contributed by atoms with E-state index in [1.807, 2.05) is 0 Å². The van der Waals surface area contributed by atoms with Gasteiger partial charge in [0.25, 0.3) is 0 Å². The maximum Gasteiger partial charge on any atom is 0.187 e. The van der Waals surface area contributed by atoms with Gasteiger partial charge in [0.2, 0.25) is 0 Å². The van der Waals surface area contributed by atoms with Crippen LogP contribution in [-0.2, 0) is 17.6 Å². The number of ether oxygens (including phenoxy) is 1. The number of hydrogen-bond donors (Lipinski definition) is 1. The lowest BCUT2D eigenvalue weighted by Crippen LogP contribution is -2.11. The summed E-state index contributed by atoms with van der Waals surface area (Å²) in [6.07, 6.45) is 11.8. The van der Waals surface area contributed by atoms with Gasteiger partial charge in [0.05, 0.1) is 16.1 Å². The third kappa shape index (κ3) is 4.36. The average Bonchev–Trinajstić information content (AvgIpc) is 2.67. The summed E-state index contributed by atoms with van der Waals surface area (Å²) in [5.41, 5.74) is 5.40. The van der Waals surface area contributed by atoms with Crippen LogP contribution in [0.3, 0.4) is 0 Å². The van der Waals surface area contributed by atoms with Crippen molar-refractivity contribution in [1.82, 2.24) is 0 Å². The van der Waals surface area contributed by atoms with Crippen molar-refractivity contribution in [3.63, 3.8) is 0 Å². The van der Waals surface area contributed by atoms with Gasteiger partial charge in [-0.05, 0) is 106 Å². The van der Waals surface area contributed by atoms with E-state index in [0.29, 0.717) is 5.75 Å². The van der Waals surface area contributed by atoms with Gasteiger partial charge >= 0.3 is 0 Å². The van der Waals surface area contributed by atoms with Gasteiger partial charge in [-0.2, -0.15) is 0 Å². The van der Waals surface area contributed by atoms with Gasteiger partial charge in [0, 0.05) is 11.1 Å². The summed E-state index contributed by atoms with van der Waals surface area (Å²) in [4.78, 5) is 4.89. The Labute approximate surface area is 178 Å². The van der Waals surface area contributed by atoms with Gasteiger partial charge in [-0.25, -0.2) is 5.26 Å². The average molecular weight is 498 g/mol. The minimum Gasteiger partial charge on any atom is -0.495 e. The first-order valence-corrected chi connectivity index (χ1v) is 11.2. The fourth-order valence-corrected chi connectivity index (χ4v) is 5.21. The Bertz CT molecular complexity index is 793. The van der Waals surface area contributed by atoms with Crippen LogP contribution in [0.1, 0.15) is 61.6 Å². The molecule has 2 aliphatic rings. The summed E-state index contributed by atoms with van der Waals surface area (Å²) in [6.45, 7) is 4.39. The van der Waals surface area contributed by atoms with E-state index in [1.165, 1.54) is 24.0 Å². The highest BCUT2D eigenvalue weighted by molar-refractivity contribution is 9.12. The Morgan fingerprint density at radius 1 is 1.04 bits per heavy atom. The van der Waals surface area contributed by atoms with Crippen LogP contribution >= 0.6 is 31.9 Å². The standard InChI is InChI=1S/C22H26Br2O3/c1-14-9-5-3-4-6-12-17(23)21(26-2)19(14)20-16-11-8-7-10-15(16)13-18(24)22(20)27-25/h12-13,25H,1,3-11H2,2H3/b17-12+,21-19-. The van der Waals surface area contributed by atoms with Gasteiger partial charge in [0.1, 0.15) is 5.76 Å². The molecule has 0 saturated heterocycles. The summed E-state index contributed by atoms with van der Waals surface area (Å²) in [5.74, 6) is 1.20. The van der Waals surface area contributed by atoms with Gasteiger partial charge in [-0.15, -0.1) is 0 Å². The van der Waals surface area contributed by atoms with Crippen molar-refractivity contribution in [2.24, 2.45) is 0 Å². The third-order valence-corrected chi connectivity index (χ3v) is 6.68. The first-order chi connectivity index (χ1) is 13.1. The smallest absolute Gasteiger partial charge is 0.187 e. The zero-order chi connectivity index (χ0) is 19.4. The molecule has 0 fully saturated rings. The van der Waals surface area contributed by atoms with Crippen molar-refractivity contribution in [3.05, 3.63) is 55.7 Å². The van der Waals surface area contributed by atoms with Crippen LogP contribution < -0.4 is 4.89 Å². The first-order valence-electron chi connectivity index (χ1n) is 9.57. The monoisotopic (exact) mass is 496 g/mol. The summed E-state index contributed by atoms with van der Waals surface area (Å²) in [5, 5.41) is 9.72. The molecule has 1 aromatic rings. The quantitative estimate of drug-likeness (QED) is 0.350. The number of methoxy groups -OCH3 is 1. The highest BCUT2D eigenvalue weighted by Crippen LogP contribution is 2.46. The van der Waals surface area contributed by atoms with E-state index in [0.717, 1.165) is 76.4 Å². The van der Waals surface area contributed by atoms with E-state index >= 15 is 0 Å². The summed E-state index contributed by atoms with van der Waals surface area (Å²) < 4.78 is 7.54. The number of aryl methyl sites for hydroxylation is 1. The highest BCUT2D eigenvalue weighted by Gasteiger charge is 2.28. The minimum atomic E-state index is 0.443. The minimum absolute atomic E-state index is 0.443. The molecule has 0 bridgehead atoms. The van der Waals surface area contributed by atoms with Crippen LogP contribution in [-0.4, -0.2) is 12.4 Å². The molecule has 0 aromatic heterocycles. The second-order valence-electron chi connectivity index (χ2n) is 7.16. The van der Waals surface area contributed by atoms with Gasteiger partial charge in [-0.3, -0.25) is 0 Å². The molecule has 27 heavy (non-hydrogen) atoms. The van der Waals surface area contributed by atoms with Crippen LogP contribution in [0.2, 0.25) is 0 Å². The van der Waals surface area contributed by atoms with E-state index in [2.05, 4.69) is 50.6 Å². The molecule has 0 aliphatic heterocycles. The van der Waals surface area contributed by atoms with Crippen LogP contribution in [0, 0.1) is 0 Å². The Morgan fingerprint density at radius 2 is 1.78 bits per heavy atom. The van der Waals surface area contributed by atoms with Crippen molar-refractivity contribution in [2.75, 3.05) is 7.11 Å². The van der Waals surface area contributed by atoms with Crippen molar-refractivity contribution in [1.29, 1.82) is 0 Å². The normalized spacial score (nSPS) is 23.3. The molecule has 0 spiro atoms. The Balaban J connectivity index is 2.33. The predicted octanol–water partition coefficient (Wildman–Crippen LogP) is 7.34. The van der Waals surface area contributed by atoms with E-state index in [9.17, 15) is 5.26 Å². The number of allylic oxidation sites excluding steroid dienone is 4. The highest BCUT2D eigenvalue weighted by atomic mass is 79.9. The molecular formula is C22H26Br2O3. The fraction of sp³-hybridized carbons (Fsp3) is 0.455. The lowest BCUT2D eigenvalue weighted by Gasteiger charge is -2.26. The zero-order valence-corrected chi connectivity index (χ0v) is 18.9. The molecule has 5 heteroatoms. The van der Waals surface area contributed by atoms with Crippen molar-refractivity contribution in [2.45, 2.75) is 57.8 Å². The molecule has 0 radical (unpaired) electrons. The molecule has 0 atom stereocenters. The molecule has 0 amide bonds. The molecular weight excluding hydrogens is 472 g/mol. The van der Waals surface area contributed by atoms with Crippen molar-refractivity contribution < 1.29 is 14.9 Å². The molecule has 3 nitrogen and oxygen atoms in total. The molecule has 0 heterocycles. The Hall–Kier alpha value is -1.04. The maximum absolute atomic E-state index is 9.72. The number of hydrogen-bond acceptors (Lipinski definition) is 3. The second-order valence-corrected chi connectivity index (χ2v) is 8.87. The Kier molecular flexibility index (Phi) is 7.23. The summed E-state index contributed by atoms with van der Waals surface area (Å²) in [7, 11) is 1.69. The molecule has 0 saturated carbocycles. The predicted molar refractivity (Wildman–Crippen MR) is 117 cm³/mol. The topological polar surface area (TPSA) is 38.7 Å². The molecule has 2 aliphatic carbocycles. The van der Waals surface area contributed by atoms with E-state index < -0.39 is 0 Å². The van der Waals surface area contributed by atoms with Crippen LogP contribution in [0.15, 0.2) is 39.0 Å². The molecule has 0 unspecified atom stereocenters. The summed E-state index contributed by atoms with van der Waals surface area (Å²) in [6, 6.07) is 2.07. The van der Waals surface area contributed by atoms with E-state index in [-0.39, 0.29) is 0 Å². The van der Waals surface area contributed by atoms with E-state index in [1.54, 1.807) is 7.11 Å². The van der Waals surface area contributed by atoms with Gasteiger partial charge in [0.15, 0.2) is 5.75 Å². The lowest BCUT2D eigenvalue weighted by atomic mass is 9.82. The summed E-state index contributed by atoms with van der Waals surface area (Å²) >= 11 is 7.30. The van der Waals surface area contributed by atoms with Crippen LogP contribution in [0.5, 0.6) is 5.75 Å². The third-order valence-electron chi connectivity index (χ3n) is 5.41. The molecule has 146 valence electrons. The van der Waals surface area contributed by atoms with Crippen molar-refractivity contribution in [3.8, 4) is 5.75 Å². The number of halogens is 2. The van der Waals surface area contributed by atoms with Crippen LogP contribution in [0.4, 0.5) is 0 Å². The first kappa shape index (κ1) is 20.7. The van der Waals surface area contributed by atoms with Crippen molar-refractivity contribution >= 4 is 37.4 Å². The number of benzene rings is 1. The fourth-order valence-electron chi connectivity index (χ4n) is 4.08. The second kappa shape index (κ2) is 9.44. The van der Waals surface area contributed by atoms with E-state index in [4.69, 9.17) is 9.62 Å². The van der Waals surface area contributed by atoms with Gasteiger partial charge < -0.3 is 9.62 Å². The Morgan fingerprint density at radius 3 is 2.52 bits per heavy atom. The zero-order valence-electron chi connectivity index (χ0n) is 15.7. The largest absolute Gasteiger partial charge is 0.495 e. The molecule has 1 N–H and O–H groups in total. The number of rotatable bonds is 3. The maximum atomic E-state index is 9.72. The van der Waals surface area contributed by atoms with Gasteiger partial charge in [-0.1, -0.05) is 19.1 Å².